The lowest BCUT2D eigenvalue weighted by Crippen LogP contribution is -2.32. The molecule has 2 nitrogen and oxygen atoms in total. The fourth-order valence-corrected chi connectivity index (χ4v) is 1.85. The topological polar surface area (TPSA) is 29.1 Å². The van der Waals surface area contributed by atoms with E-state index in [1.54, 1.807) is 0 Å². The molecule has 0 aromatic heterocycles. The fraction of sp³-hybridized carbons (Fsp3) is 0.562. The number of carbonyl (C=O) groups is 1. The van der Waals surface area contributed by atoms with Crippen molar-refractivity contribution in [1.29, 1.82) is 0 Å². The molecule has 18 heavy (non-hydrogen) atoms. The Morgan fingerprint density at radius 2 is 1.78 bits per heavy atom. The Morgan fingerprint density at radius 1 is 1.11 bits per heavy atom. The van der Waals surface area contributed by atoms with E-state index < -0.39 is 0 Å². The molecule has 1 unspecified atom stereocenters. The summed E-state index contributed by atoms with van der Waals surface area (Å²) in [5.41, 5.74) is 3.14. The SMILES string of the molecule is Cc1ccc(C(=O)NC(C)CCC(C)C)cc1C. The van der Waals surface area contributed by atoms with E-state index in [1.165, 1.54) is 5.56 Å². The van der Waals surface area contributed by atoms with Gasteiger partial charge in [0.05, 0.1) is 0 Å². The number of benzene rings is 1. The van der Waals surface area contributed by atoms with Gasteiger partial charge in [0.25, 0.3) is 5.91 Å². The summed E-state index contributed by atoms with van der Waals surface area (Å²) in [4.78, 5) is 12.1. The van der Waals surface area contributed by atoms with E-state index in [1.807, 2.05) is 25.1 Å². The Hall–Kier alpha value is -1.31. The molecule has 0 saturated heterocycles. The fourth-order valence-electron chi connectivity index (χ4n) is 1.85. The molecular formula is C16H25NO. The van der Waals surface area contributed by atoms with Crippen molar-refractivity contribution in [2.75, 3.05) is 0 Å². The van der Waals surface area contributed by atoms with E-state index in [0.717, 1.165) is 24.0 Å². The zero-order valence-corrected chi connectivity index (χ0v) is 12.2. The maximum absolute atomic E-state index is 12.1. The van der Waals surface area contributed by atoms with Crippen molar-refractivity contribution >= 4 is 5.91 Å². The van der Waals surface area contributed by atoms with Gasteiger partial charge < -0.3 is 5.32 Å². The summed E-state index contributed by atoms with van der Waals surface area (Å²) in [5, 5.41) is 3.06. The number of carbonyl (C=O) groups excluding carboxylic acids is 1. The van der Waals surface area contributed by atoms with Crippen molar-refractivity contribution in [2.24, 2.45) is 5.92 Å². The summed E-state index contributed by atoms with van der Waals surface area (Å²) in [7, 11) is 0. The van der Waals surface area contributed by atoms with Gasteiger partial charge in [0.15, 0.2) is 0 Å². The van der Waals surface area contributed by atoms with Crippen molar-refractivity contribution in [3.8, 4) is 0 Å². The van der Waals surface area contributed by atoms with Crippen molar-refractivity contribution in [3.63, 3.8) is 0 Å². The van der Waals surface area contributed by atoms with E-state index in [9.17, 15) is 4.79 Å². The summed E-state index contributed by atoms with van der Waals surface area (Å²) in [5.74, 6) is 0.723. The van der Waals surface area contributed by atoms with Crippen molar-refractivity contribution in [3.05, 3.63) is 34.9 Å². The highest BCUT2D eigenvalue weighted by Gasteiger charge is 2.10. The third-order valence-corrected chi connectivity index (χ3v) is 3.32. The minimum Gasteiger partial charge on any atom is -0.350 e. The Bertz CT molecular complexity index is 410. The molecule has 0 spiro atoms. The standard InChI is InChI=1S/C16H25NO/c1-11(2)6-8-14(5)17-16(18)15-9-7-12(3)13(4)10-15/h7,9-11,14H,6,8H2,1-5H3,(H,17,18). The van der Waals surface area contributed by atoms with Crippen LogP contribution in [0, 0.1) is 19.8 Å². The first kappa shape index (κ1) is 14.7. The number of hydrogen-bond acceptors (Lipinski definition) is 1. The number of aryl methyl sites for hydroxylation is 2. The highest BCUT2D eigenvalue weighted by Crippen LogP contribution is 2.11. The van der Waals surface area contributed by atoms with Gasteiger partial charge in [0, 0.05) is 11.6 Å². The van der Waals surface area contributed by atoms with Crippen LogP contribution in [0.5, 0.6) is 0 Å². The predicted molar refractivity (Wildman–Crippen MR) is 76.9 cm³/mol. The molecule has 0 aliphatic heterocycles. The third-order valence-electron chi connectivity index (χ3n) is 3.32. The van der Waals surface area contributed by atoms with E-state index in [2.05, 4.69) is 33.0 Å². The van der Waals surface area contributed by atoms with Gasteiger partial charge in [0.1, 0.15) is 0 Å². The van der Waals surface area contributed by atoms with Gasteiger partial charge in [-0.15, -0.1) is 0 Å². The number of rotatable bonds is 5. The Balaban J connectivity index is 2.56. The van der Waals surface area contributed by atoms with Gasteiger partial charge in [-0.2, -0.15) is 0 Å². The average molecular weight is 247 g/mol. The monoisotopic (exact) mass is 247 g/mol. The maximum Gasteiger partial charge on any atom is 0.251 e. The highest BCUT2D eigenvalue weighted by molar-refractivity contribution is 5.94. The average Bonchev–Trinajstić information content (AvgIpc) is 2.30. The van der Waals surface area contributed by atoms with E-state index in [4.69, 9.17) is 0 Å². The highest BCUT2D eigenvalue weighted by atomic mass is 16.1. The van der Waals surface area contributed by atoms with Gasteiger partial charge in [-0.1, -0.05) is 19.9 Å². The first-order chi connectivity index (χ1) is 8.40. The molecule has 1 amide bonds. The molecule has 1 aromatic carbocycles. The summed E-state index contributed by atoms with van der Waals surface area (Å²) >= 11 is 0. The largest absolute Gasteiger partial charge is 0.350 e. The normalized spacial score (nSPS) is 12.6. The first-order valence-corrected chi connectivity index (χ1v) is 6.78. The molecule has 0 saturated carbocycles. The van der Waals surface area contributed by atoms with Crippen LogP contribution in [0.3, 0.4) is 0 Å². The molecule has 1 atom stereocenters. The minimum atomic E-state index is 0.0364. The zero-order chi connectivity index (χ0) is 13.7. The summed E-state index contributed by atoms with van der Waals surface area (Å²) in [6.45, 7) is 10.6. The molecule has 0 aliphatic rings. The second kappa shape index (κ2) is 6.58. The predicted octanol–water partition coefficient (Wildman–Crippen LogP) is 3.86. The van der Waals surface area contributed by atoms with E-state index in [0.29, 0.717) is 5.92 Å². The number of amides is 1. The van der Waals surface area contributed by atoms with Crippen LogP contribution in [-0.4, -0.2) is 11.9 Å². The van der Waals surface area contributed by atoms with E-state index >= 15 is 0 Å². The van der Waals surface area contributed by atoms with Crippen LogP contribution in [0.15, 0.2) is 18.2 Å². The van der Waals surface area contributed by atoms with Gasteiger partial charge in [-0.25, -0.2) is 0 Å². The van der Waals surface area contributed by atoms with Crippen LogP contribution in [0.4, 0.5) is 0 Å². The lowest BCUT2D eigenvalue weighted by molar-refractivity contribution is 0.0937. The maximum atomic E-state index is 12.1. The first-order valence-electron chi connectivity index (χ1n) is 6.78. The van der Waals surface area contributed by atoms with Gasteiger partial charge >= 0.3 is 0 Å². The van der Waals surface area contributed by atoms with Crippen molar-refractivity contribution in [1.82, 2.24) is 5.32 Å². The Labute approximate surface area is 111 Å². The molecular weight excluding hydrogens is 222 g/mol. The van der Waals surface area contributed by atoms with Crippen LogP contribution >= 0.6 is 0 Å². The van der Waals surface area contributed by atoms with Crippen molar-refractivity contribution in [2.45, 2.75) is 53.5 Å². The Morgan fingerprint density at radius 3 is 2.33 bits per heavy atom. The quantitative estimate of drug-likeness (QED) is 0.841. The number of hydrogen-bond donors (Lipinski definition) is 1. The summed E-state index contributed by atoms with van der Waals surface area (Å²) in [6.07, 6.45) is 2.18. The van der Waals surface area contributed by atoms with Crippen LogP contribution < -0.4 is 5.32 Å². The molecule has 1 rings (SSSR count). The lowest BCUT2D eigenvalue weighted by atomic mass is 10.0. The van der Waals surface area contributed by atoms with Crippen LogP contribution in [-0.2, 0) is 0 Å². The molecule has 1 aromatic rings. The van der Waals surface area contributed by atoms with E-state index in [-0.39, 0.29) is 11.9 Å². The molecule has 0 radical (unpaired) electrons. The molecule has 0 heterocycles. The molecule has 0 bridgehead atoms. The summed E-state index contributed by atoms with van der Waals surface area (Å²) in [6, 6.07) is 6.09. The molecule has 0 fully saturated rings. The smallest absolute Gasteiger partial charge is 0.251 e. The van der Waals surface area contributed by atoms with Crippen molar-refractivity contribution < 1.29 is 4.79 Å². The molecule has 100 valence electrons. The van der Waals surface area contributed by atoms with Gasteiger partial charge in [0.2, 0.25) is 0 Å². The summed E-state index contributed by atoms with van der Waals surface area (Å²) < 4.78 is 0. The minimum absolute atomic E-state index is 0.0364. The lowest BCUT2D eigenvalue weighted by Gasteiger charge is -2.15. The zero-order valence-electron chi connectivity index (χ0n) is 12.2. The van der Waals surface area contributed by atoms with Crippen LogP contribution in [0.25, 0.3) is 0 Å². The molecule has 2 heteroatoms. The van der Waals surface area contributed by atoms with Gasteiger partial charge in [-0.05, 0) is 62.8 Å². The molecule has 0 aliphatic carbocycles. The second-order valence-electron chi connectivity index (χ2n) is 5.64. The van der Waals surface area contributed by atoms with Crippen LogP contribution in [0.2, 0.25) is 0 Å². The van der Waals surface area contributed by atoms with Crippen LogP contribution in [0.1, 0.15) is 55.1 Å². The van der Waals surface area contributed by atoms with Gasteiger partial charge in [-0.3, -0.25) is 4.79 Å². The number of nitrogens with one attached hydrogen (secondary N) is 1. The third kappa shape index (κ3) is 4.52. The second-order valence-corrected chi connectivity index (χ2v) is 5.64. The molecule has 1 N–H and O–H groups in total. The Kier molecular flexibility index (Phi) is 5.39.